The Morgan fingerprint density at radius 1 is 1.36 bits per heavy atom. The third kappa shape index (κ3) is 4.99. The zero-order chi connectivity index (χ0) is 15.8. The number of aliphatic carboxylic acids is 1. The average molecular weight is 322 g/mol. The van der Waals surface area contributed by atoms with Crippen molar-refractivity contribution in [2.75, 3.05) is 5.12 Å². The topological polar surface area (TPSA) is 77.3 Å². The number of anilines is 1. The first-order valence-electron chi connectivity index (χ1n) is 7.61. The molecule has 7 heteroatoms. The summed E-state index contributed by atoms with van der Waals surface area (Å²) < 4.78 is 0. The number of benzene rings is 1. The van der Waals surface area contributed by atoms with Crippen molar-refractivity contribution < 1.29 is 9.90 Å². The Kier molecular flexibility index (Phi) is 6.67. The van der Waals surface area contributed by atoms with Gasteiger partial charge in [-0.3, -0.25) is 4.79 Å². The lowest BCUT2D eigenvalue weighted by atomic mass is 10.1. The molecule has 0 saturated heterocycles. The van der Waals surface area contributed by atoms with Gasteiger partial charge in [-0.25, -0.2) is 0 Å². The summed E-state index contributed by atoms with van der Waals surface area (Å²) in [5.41, 5.74) is 3.62. The SMILES string of the molecule is CCCCCCC(SC1N=NN(c2ccccc2)N1)C(=O)O. The fourth-order valence-electron chi connectivity index (χ4n) is 2.17. The Morgan fingerprint density at radius 2 is 2.14 bits per heavy atom. The van der Waals surface area contributed by atoms with E-state index in [1.807, 2.05) is 30.3 Å². The van der Waals surface area contributed by atoms with Crippen LogP contribution >= 0.6 is 11.8 Å². The molecule has 6 nitrogen and oxygen atoms in total. The number of nitrogens with zero attached hydrogens (tertiary/aromatic N) is 3. The van der Waals surface area contributed by atoms with Gasteiger partial charge in [-0.2, -0.15) is 10.5 Å². The van der Waals surface area contributed by atoms with E-state index in [2.05, 4.69) is 22.7 Å². The highest BCUT2D eigenvalue weighted by molar-refractivity contribution is 8.01. The van der Waals surface area contributed by atoms with Crippen molar-refractivity contribution in [3.8, 4) is 0 Å². The molecule has 0 amide bonds. The van der Waals surface area contributed by atoms with E-state index in [-0.39, 0.29) is 5.50 Å². The lowest BCUT2D eigenvalue weighted by Crippen LogP contribution is -2.35. The molecule has 2 unspecified atom stereocenters. The molecule has 120 valence electrons. The third-order valence-electron chi connectivity index (χ3n) is 3.37. The van der Waals surface area contributed by atoms with Crippen LogP contribution in [-0.4, -0.2) is 21.8 Å². The van der Waals surface area contributed by atoms with Crippen molar-refractivity contribution in [3.05, 3.63) is 30.3 Å². The van der Waals surface area contributed by atoms with Crippen LogP contribution in [0.2, 0.25) is 0 Å². The van der Waals surface area contributed by atoms with Crippen LogP contribution in [0.4, 0.5) is 5.69 Å². The fraction of sp³-hybridized carbons (Fsp3) is 0.533. The molecule has 1 aliphatic heterocycles. The van der Waals surface area contributed by atoms with E-state index in [9.17, 15) is 9.90 Å². The Labute approximate surface area is 134 Å². The first-order chi connectivity index (χ1) is 10.7. The number of carboxylic acids is 1. The molecule has 2 atom stereocenters. The van der Waals surface area contributed by atoms with E-state index < -0.39 is 11.2 Å². The van der Waals surface area contributed by atoms with Crippen LogP contribution in [0.15, 0.2) is 40.7 Å². The molecule has 2 rings (SSSR count). The minimum Gasteiger partial charge on any atom is -0.480 e. The van der Waals surface area contributed by atoms with Crippen LogP contribution in [0.25, 0.3) is 0 Å². The van der Waals surface area contributed by atoms with Gasteiger partial charge < -0.3 is 5.11 Å². The van der Waals surface area contributed by atoms with Gasteiger partial charge in [0.1, 0.15) is 5.25 Å². The lowest BCUT2D eigenvalue weighted by molar-refractivity contribution is -0.136. The van der Waals surface area contributed by atoms with Crippen LogP contribution in [0.1, 0.15) is 39.0 Å². The van der Waals surface area contributed by atoms with E-state index in [1.165, 1.54) is 11.8 Å². The molecule has 0 bridgehead atoms. The molecule has 1 aromatic rings. The highest BCUT2D eigenvalue weighted by Gasteiger charge is 2.27. The van der Waals surface area contributed by atoms with Gasteiger partial charge in [0.25, 0.3) is 0 Å². The number of hydrogen-bond acceptors (Lipinski definition) is 6. The molecule has 1 heterocycles. The second-order valence-electron chi connectivity index (χ2n) is 5.15. The number of carbonyl (C=O) groups is 1. The van der Waals surface area contributed by atoms with Crippen molar-refractivity contribution >= 4 is 23.4 Å². The van der Waals surface area contributed by atoms with Gasteiger partial charge in [0.2, 0.25) is 0 Å². The first kappa shape index (κ1) is 16.8. The first-order valence-corrected chi connectivity index (χ1v) is 8.55. The molecule has 0 saturated carbocycles. The largest absolute Gasteiger partial charge is 0.480 e. The second kappa shape index (κ2) is 8.75. The number of nitrogens with one attached hydrogen (secondary N) is 1. The third-order valence-corrected chi connectivity index (χ3v) is 4.59. The molecule has 2 N–H and O–H groups in total. The highest BCUT2D eigenvalue weighted by Crippen LogP contribution is 2.27. The molecule has 22 heavy (non-hydrogen) atoms. The van der Waals surface area contributed by atoms with Gasteiger partial charge in [0.15, 0.2) is 5.50 Å². The quantitative estimate of drug-likeness (QED) is 0.676. The minimum atomic E-state index is -0.781. The summed E-state index contributed by atoms with van der Waals surface area (Å²) >= 11 is 1.30. The molecule has 1 aromatic carbocycles. The molecule has 0 aromatic heterocycles. The summed E-state index contributed by atoms with van der Waals surface area (Å²) in [5.74, 6) is -0.781. The molecule has 0 radical (unpaired) electrons. The number of unbranched alkanes of at least 4 members (excludes halogenated alkanes) is 3. The number of rotatable bonds is 9. The maximum Gasteiger partial charge on any atom is 0.316 e. The van der Waals surface area contributed by atoms with Crippen molar-refractivity contribution in [2.24, 2.45) is 10.3 Å². The summed E-state index contributed by atoms with van der Waals surface area (Å²) in [4.78, 5) is 11.4. The van der Waals surface area contributed by atoms with Gasteiger partial charge in [-0.15, -0.1) is 16.9 Å². The van der Waals surface area contributed by atoms with E-state index in [4.69, 9.17) is 0 Å². The number of hydrazine groups is 1. The predicted molar refractivity (Wildman–Crippen MR) is 88.5 cm³/mol. The van der Waals surface area contributed by atoms with E-state index in [1.54, 1.807) is 5.12 Å². The standard InChI is InChI=1S/C15H22N4O2S/c1-2-3-4-8-11-13(14(20)21)22-15-16-18-19(17-15)12-9-6-5-7-10-12/h5-7,9-10,13,15,17H,2-4,8,11H2,1H3,(H,20,21). The monoisotopic (exact) mass is 322 g/mol. The smallest absolute Gasteiger partial charge is 0.316 e. The Hall–Kier alpha value is -1.60. The molecule has 1 aliphatic rings. The van der Waals surface area contributed by atoms with Gasteiger partial charge in [0.05, 0.1) is 5.69 Å². The van der Waals surface area contributed by atoms with E-state index in [0.717, 1.165) is 31.4 Å². The minimum absolute atomic E-state index is 0.354. The molecular formula is C15H22N4O2S. The fourth-order valence-corrected chi connectivity index (χ4v) is 3.16. The van der Waals surface area contributed by atoms with Crippen LogP contribution in [-0.2, 0) is 4.79 Å². The Morgan fingerprint density at radius 3 is 2.82 bits per heavy atom. The van der Waals surface area contributed by atoms with Crippen LogP contribution in [0, 0.1) is 0 Å². The summed E-state index contributed by atoms with van der Waals surface area (Å²) in [6.07, 6.45) is 4.98. The van der Waals surface area contributed by atoms with Crippen molar-refractivity contribution in [1.82, 2.24) is 5.43 Å². The molecule has 0 aliphatic carbocycles. The van der Waals surface area contributed by atoms with Crippen molar-refractivity contribution in [1.29, 1.82) is 0 Å². The zero-order valence-electron chi connectivity index (χ0n) is 12.7. The van der Waals surface area contributed by atoms with Crippen LogP contribution in [0.5, 0.6) is 0 Å². The van der Waals surface area contributed by atoms with Gasteiger partial charge in [0, 0.05) is 0 Å². The normalized spacial score (nSPS) is 18.6. The summed E-state index contributed by atoms with van der Waals surface area (Å²) in [6.45, 7) is 2.14. The number of hydrogen-bond donors (Lipinski definition) is 2. The van der Waals surface area contributed by atoms with Crippen LogP contribution < -0.4 is 10.5 Å². The Bertz CT molecular complexity index is 498. The van der Waals surface area contributed by atoms with Crippen molar-refractivity contribution in [3.63, 3.8) is 0 Å². The maximum atomic E-state index is 11.4. The van der Waals surface area contributed by atoms with Gasteiger partial charge >= 0.3 is 5.97 Å². The summed E-state index contributed by atoms with van der Waals surface area (Å²) in [6, 6.07) is 9.60. The van der Waals surface area contributed by atoms with Gasteiger partial charge in [-0.1, -0.05) is 56.0 Å². The highest BCUT2D eigenvalue weighted by atomic mass is 32.2. The number of para-hydroxylation sites is 1. The molecular weight excluding hydrogens is 300 g/mol. The van der Waals surface area contributed by atoms with Crippen molar-refractivity contribution in [2.45, 2.75) is 49.8 Å². The molecule has 0 spiro atoms. The number of thioether (sulfide) groups is 1. The van der Waals surface area contributed by atoms with Gasteiger partial charge in [-0.05, 0) is 18.6 Å². The molecule has 0 fully saturated rings. The average Bonchev–Trinajstić information content (AvgIpc) is 2.99. The second-order valence-corrected chi connectivity index (χ2v) is 6.43. The lowest BCUT2D eigenvalue weighted by Gasteiger charge is -2.17. The van der Waals surface area contributed by atoms with E-state index in [0.29, 0.717) is 6.42 Å². The van der Waals surface area contributed by atoms with E-state index >= 15 is 0 Å². The summed E-state index contributed by atoms with van der Waals surface area (Å²) in [7, 11) is 0. The zero-order valence-corrected chi connectivity index (χ0v) is 13.5. The predicted octanol–water partition coefficient (Wildman–Crippen LogP) is 3.82. The van der Waals surface area contributed by atoms with Crippen LogP contribution in [0.3, 0.4) is 0 Å². The summed E-state index contributed by atoms with van der Waals surface area (Å²) in [5, 5.41) is 18.6. The number of carboxylic acid groups (broad SMARTS) is 1. The maximum absolute atomic E-state index is 11.4. The Balaban J connectivity index is 1.82.